The zero-order chi connectivity index (χ0) is 12.0. The van der Waals surface area contributed by atoms with Crippen molar-refractivity contribution in [2.75, 3.05) is 47.1 Å². The van der Waals surface area contributed by atoms with E-state index in [-0.39, 0.29) is 5.54 Å². The monoisotopic (exact) mass is 230 g/mol. The van der Waals surface area contributed by atoms with E-state index in [2.05, 4.69) is 11.8 Å². The fourth-order valence-electron chi connectivity index (χ4n) is 2.28. The van der Waals surface area contributed by atoms with E-state index in [9.17, 15) is 0 Å². The largest absolute Gasteiger partial charge is 0.383 e. The Hall–Kier alpha value is -0.160. The molecule has 0 aromatic carbocycles. The zero-order valence-electron chi connectivity index (χ0n) is 10.9. The van der Waals surface area contributed by atoms with Crippen LogP contribution in [0, 0.1) is 5.92 Å². The Kier molecular flexibility index (Phi) is 5.69. The van der Waals surface area contributed by atoms with Gasteiger partial charge in [-0.2, -0.15) is 0 Å². The predicted molar refractivity (Wildman–Crippen MR) is 65.5 cm³/mol. The van der Waals surface area contributed by atoms with Crippen LogP contribution in [0.4, 0.5) is 0 Å². The number of hydrogen-bond donors (Lipinski definition) is 1. The molecule has 0 saturated heterocycles. The quantitative estimate of drug-likeness (QED) is 0.634. The van der Waals surface area contributed by atoms with Gasteiger partial charge in [-0.1, -0.05) is 0 Å². The Balaban J connectivity index is 2.55. The lowest BCUT2D eigenvalue weighted by Crippen LogP contribution is -2.55. The minimum atomic E-state index is 0.122. The van der Waals surface area contributed by atoms with Crippen molar-refractivity contribution in [3.63, 3.8) is 0 Å². The Morgan fingerprint density at radius 1 is 1.19 bits per heavy atom. The molecular weight excluding hydrogens is 204 g/mol. The second kappa shape index (κ2) is 6.55. The predicted octanol–water partition coefficient (Wildman–Crippen LogP) is 0.709. The molecule has 0 bridgehead atoms. The third kappa shape index (κ3) is 3.42. The van der Waals surface area contributed by atoms with E-state index >= 15 is 0 Å². The van der Waals surface area contributed by atoms with Crippen molar-refractivity contribution < 1.29 is 9.47 Å². The lowest BCUT2D eigenvalue weighted by atomic mass is 9.93. The highest BCUT2D eigenvalue weighted by molar-refractivity contribution is 5.00. The van der Waals surface area contributed by atoms with Crippen molar-refractivity contribution in [3.05, 3.63) is 0 Å². The molecule has 0 aliphatic heterocycles. The van der Waals surface area contributed by atoms with Crippen molar-refractivity contribution in [1.29, 1.82) is 0 Å². The minimum Gasteiger partial charge on any atom is -0.383 e. The summed E-state index contributed by atoms with van der Waals surface area (Å²) < 4.78 is 10.3. The van der Waals surface area contributed by atoms with Crippen LogP contribution in [-0.4, -0.2) is 57.5 Å². The summed E-state index contributed by atoms with van der Waals surface area (Å²) in [6, 6.07) is 0. The molecular formula is C12H26N2O2. The lowest BCUT2D eigenvalue weighted by molar-refractivity contribution is 0.0343. The first-order valence-electron chi connectivity index (χ1n) is 6.12. The van der Waals surface area contributed by atoms with E-state index in [0.717, 1.165) is 32.2 Å². The molecule has 1 aliphatic carbocycles. The molecule has 1 unspecified atom stereocenters. The summed E-state index contributed by atoms with van der Waals surface area (Å²) in [7, 11) is 3.48. The van der Waals surface area contributed by atoms with Gasteiger partial charge >= 0.3 is 0 Å². The van der Waals surface area contributed by atoms with Crippen LogP contribution in [0.1, 0.15) is 19.8 Å². The first kappa shape index (κ1) is 13.9. The van der Waals surface area contributed by atoms with Gasteiger partial charge < -0.3 is 15.2 Å². The summed E-state index contributed by atoms with van der Waals surface area (Å²) in [5.41, 5.74) is 6.09. The van der Waals surface area contributed by atoms with Crippen LogP contribution in [0.15, 0.2) is 0 Å². The molecule has 4 heteroatoms. The summed E-state index contributed by atoms with van der Waals surface area (Å²) in [6.45, 7) is 6.37. The highest BCUT2D eigenvalue weighted by atomic mass is 16.5. The summed E-state index contributed by atoms with van der Waals surface area (Å²) in [5, 5.41) is 0. The van der Waals surface area contributed by atoms with Crippen molar-refractivity contribution in [2.24, 2.45) is 11.7 Å². The molecule has 96 valence electrons. The van der Waals surface area contributed by atoms with E-state index < -0.39 is 0 Å². The van der Waals surface area contributed by atoms with Gasteiger partial charge in [-0.3, -0.25) is 4.90 Å². The molecule has 4 nitrogen and oxygen atoms in total. The van der Waals surface area contributed by atoms with Crippen molar-refractivity contribution in [2.45, 2.75) is 25.3 Å². The fraction of sp³-hybridized carbons (Fsp3) is 1.00. The van der Waals surface area contributed by atoms with E-state index in [4.69, 9.17) is 15.2 Å². The number of nitrogens with zero attached hydrogens (tertiary/aromatic N) is 1. The third-order valence-corrected chi connectivity index (χ3v) is 3.72. The van der Waals surface area contributed by atoms with Gasteiger partial charge in [0.25, 0.3) is 0 Å². The second-order valence-electron chi connectivity index (χ2n) is 4.81. The van der Waals surface area contributed by atoms with Gasteiger partial charge in [-0.05, 0) is 25.7 Å². The first-order chi connectivity index (χ1) is 7.69. The maximum Gasteiger partial charge on any atom is 0.0589 e. The summed E-state index contributed by atoms with van der Waals surface area (Å²) >= 11 is 0. The molecule has 2 N–H and O–H groups in total. The molecule has 1 saturated carbocycles. The van der Waals surface area contributed by atoms with Crippen molar-refractivity contribution in [1.82, 2.24) is 4.90 Å². The highest BCUT2D eigenvalue weighted by Crippen LogP contribution is 2.42. The van der Waals surface area contributed by atoms with Crippen LogP contribution in [0.2, 0.25) is 0 Å². The Morgan fingerprint density at radius 3 is 2.00 bits per heavy atom. The van der Waals surface area contributed by atoms with Crippen LogP contribution < -0.4 is 5.73 Å². The number of rotatable bonds is 9. The number of methoxy groups -OCH3 is 2. The summed E-state index contributed by atoms with van der Waals surface area (Å²) in [4.78, 5) is 2.43. The van der Waals surface area contributed by atoms with Crippen molar-refractivity contribution >= 4 is 0 Å². The maximum atomic E-state index is 5.97. The fourth-order valence-corrected chi connectivity index (χ4v) is 2.28. The zero-order valence-corrected chi connectivity index (χ0v) is 10.9. The topological polar surface area (TPSA) is 47.7 Å². The molecule has 16 heavy (non-hydrogen) atoms. The lowest BCUT2D eigenvalue weighted by Gasteiger charge is -2.41. The SMILES string of the molecule is COCCN(CCOC)C(C)(CN)C1CC1. The van der Waals surface area contributed by atoms with Crippen LogP contribution in [0.5, 0.6) is 0 Å². The molecule has 0 radical (unpaired) electrons. The maximum absolute atomic E-state index is 5.97. The van der Waals surface area contributed by atoms with Gasteiger partial charge in [0, 0.05) is 39.4 Å². The van der Waals surface area contributed by atoms with Crippen LogP contribution >= 0.6 is 0 Å². The Morgan fingerprint density at radius 2 is 1.69 bits per heavy atom. The first-order valence-corrected chi connectivity index (χ1v) is 6.12. The van der Waals surface area contributed by atoms with E-state index in [0.29, 0.717) is 6.54 Å². The van der Waals surface area contributed by atoms with Gasteiger partial charge in [0.1, 0.15) is 0 Å². The average Bonchev–Trinajstić information content (AvgIpc) is 3.12. The molecule has 0 spiro atoms. The van der Waals surface area contributed by atoms with Gasteiger partial charge in [0.2, 0.25) is 0 Å². The average molecular weight is 230 g/mol. The third-order valence-electron chi connectivity index (χ3n) is 3.72. The van der Waals surface area contributed by atoms with Crippen LogP contribution in [0.3, 0.4) is 0 Å². The van der Waals surface area contributed by atoms with E-state index in [1.807, 2.05) is 0 Å². The second-order valence-corrected chi connectivity index (χ2v) is 4.81. The number of nitrogens with two attached hydrogens (primary N) is 1. The normalized spacial score (nSPS) is 20.1. The summed E-state index contributed by atoms with van der Waals surface area (Å²) in [5.74, 6) is 0.756. The van der Waals surface area contributed by atoms with Crippen molar-refractivity contribution in [3.8, 4) is 0 Å². The molecule has 1 aliphatic rings. The van der Waals surface area contributed by atoms with Gasteiger partial charge in [-0.15, -0.1) is 0 Å². The standard InChI is InChI=1S/C12H26N2O2/c1-12(10-13,11-4-5-11)14(6-8-15-2)7-9-16-3/h11H,4-10,13H2,1-3H3. The van der Waals surface area contributed by atoms with E-state index in [1.165, 1.54) is 12.8 Å². The molecule has 1 atom stereocenters. The van der Waals surface area contributed by atoms with E-state index in [1.54, 1.807) is 14.2 Å². The van der Waals surface area contributed by atoms with Crippen LogP contribution in [-0.2, 0) is 9.47 Å². The van der Waals surface area contributed by atoms with Gasteiger partial charge in [-0.25, -0.2) is 0 Å². The number of ether oxygens (including phenoxy) is 2. The molecule has 1 rings (SSSR count). The highest BCUT2D eigenvalue weighted by Gasteiger charge is 2.44. The van der Waals surface area contributed by atoms with Gasteiger partial charge in [0.15, 0.2) is 0 Å². The molecule has 0 aromatic rings. The van der Waals surface area contributed by atoms with Gasteiger partial charge in [0.05, 0.1) is 13.2 Å². The Bertz CT molecular complexity index is 189. The molecule has 1 fully saturated rings. The van der Waals surface area contributed by atoms with Crippen LogP contribution in [0.25, 0.3) is 0 Å². The minimum absolute atomic E-state index is 0.122. The molecule has 0 amide bonds. The molecule has 0 aromatic heterocycles. The summed E-state index contributed by atoms with van der Waals surface area (Å²) in [6.07, 6.45) is 2.62. The molecule has 0 heterocycles. The number of hydrogen-bond acceptors (Lipinski definition) is 4. The smallest absolute Gasteiger partial charge is 0.0589 e. The Labute approximate surface area is 99.1 Å².